The Kier molecular flexibility index (Phi) is 7.93. The Hall–Kier alpha value is -3.40. The van der Waals surface area contributed by atoms with E-state index in [2.05, 4.69) is 5.32 Å². The number of thioether (sulfide) groups is 1. The highest BCUT2D eigenvalue weighted by Crippen LogP contribution is 2.28. The van der Waals surface area contributed by atoms with Crippen molar-refractivity contribution >= 4 is 41.1 Å². The van der Waals surface area contributed by atoms with Crippen LogP contribution in [0, 0.1) is 5.82 Å². The second kappa shape index (κ2) is 11.1. The number of hydrogen-bond donors (Lipinski definition) is 1. The maximum absolute atomic E-state index is 13.6. The number of ketones is 1. The molecule has 0 radical (unpaired) electrons. The lowest BCUT2D eigenvalue weighted by atomic mass is 10.0. The minimum Gasteiger partial charge on any atom is -0.337 e. The van der Waals surface area contributed by atoms with Crippen molar-refractivity contribution in [3.05, 3.63) is 65.5 Å². The Morgan fingerprint density at radius 1 is 1.14 bits per heavy atom. The largest absolute Gasteiger partial charge is 0.337 e. The molecule has 1 N–H and O–H groups in total. The first-order chi connectivity index (χ1) is 17.3. The Morgan fingerprint density at radius 2 is 1.89 bits per heavy atom. The summed E-state index contributed by atoms with van der Waals surface area (Å²) in [7, 11) is 0. The fraction of sp³-hybridized carbons (Fsp3) is 0.385. The lowest BCUT2D eigenvalue weighted by molar-refractivity contribution is -0.164. The molecule has 2 saturated heterocycles. The van der Waals surface area contributed by atoms with Crippen LogP contribution in [0.25, 0.3) is 0 Å². The average molecular weight is 513 g/mol. The van der Waals surface area contributed by atoms with Crippen molar-refractivity contribution in [3.8, 4) is 0 Å². The number of carbonyl (C=O) groups is 4. The molecule has 4 amide bonds. The molecule has 2 heterocycles. The third-order valence-electron chi connectivity index (χ3n) is 6.54. The molecule has 2 aliphatic heterocycles. The molecular formula is C26H29FN4O4S. The van der Waals surface area contributed by atoms with Gasteiger partial charge in [-0.25, -0.2) is 9.18 Å². The van der Waals surface area contributed by atoms with E-state index in [0.29, 0.717) is 30.0 Å². The zero-order chi connectivity index (χ0) is 25.8. The van der Waals surface area contributed by atoms with Crippen LogP contribution in [-0.4, -0.2) is 82.2 Å². The van der Waals surface area contributed by atoms with Crippen LogP contribution in [0.5, 0.6) is 0 Å². The van der Waals surface area contributed by atoms with Gasteiger partial charge >= 0.3 is 6.03 Å². The van der Waals surface area contributed by atoms with Gasteiger partial charge in [-0.15, -0.1) is 0 Å². The van der Waals surface area contributed by atoms with Gasteiger partial charge in [0.05, 0.1) is 6.54 Å². The summed E-state index contributed by atoms with van der Waals surface area (Å²) in [6, 6.07) is 11.8. The Balaban J connectivity index is 1.54. The number of amides is 4. The molecule has 0 unspecified atom stereocenters. The van der Waals surface area contributed by atoms with Gasteiger partial charge in [0.1, 0.15) is 18.0 Å². The van der Waals surface area contributed by atoms with Crippen LogP contribution in [0.4, 0.5) is 14.9 Å². The number of Topliss-reactive ketones (excluding diaryl/α,β-unsaturated/α-hetero) is 1. The molecule has 4 rings (SSSR count). The van der Waals surface area contributed by atoms with Gasteiger partial charge in [0.25, 0.3) is 0 Å². The van der Waals surface area contributed by atoms with E-state index in [1.165, 1.54) is 30.8 Å². The number of carbonyl (C=O) groups excluding carboxylic acids is 4. The predicted molar refractivity (Wildman–Crippen MR) is 136 cm³/mol. The van der Waals surface area contributed by atoms with E-state index in [0.717, 1.165) is 5.56 Å². The quantitative estimate of drug-likeness (QED) is 0.576. The van der Waals surface area contributed by atoms with Crippen molar-refractivity contribution in [1.29, 1.82) is 0 Å². The molecule has 190 valence electrons. The maximum atomic E-state index is 13.6. The second-order valence-electron chi connectivity index (χ2n) is 8.92. The van der Waals surface area contributed by atoms with Crippen LogP contribution in [0.1, 0.15) is 29.3 Å². The highest BCUT2D eigenvalue weighted by Gasteiger charge is 2.48. The second-order valence-corrected chi connectivity index (χ2v) is 9.83. The van der Waals surface area contributed by atoms with Crippen molar-refractivity contribution in [2.75, 3.05) is 37.0 Å². The number of anilines is 1. The first kappa shape index (κ1) is 25.7. The molecule has 2 aromatic rings. The normalized spacial score (nSPS) is 19.8. The third-order valence-corrected chi connectivity index (χ3v) is 7.19. The summed E-state index contributed by atoms with van der Waals surface area (Å²) in [5, 5.41) is 2.85. The summed E-state index contributed by atoms with van der Waals surface area (Å²) < 4.78 is 13.6. The van der Waals surface area contributed by atoms with Crippen molar-refractivity contribution < 1.29 is 23.6 Å². The highest BCUT2D eigenvalue weighted by atomic mass is 32.2. The lowest BCUT2D eigenvalue weighted by Crippen LogP contribution is -2.72. The zero-order valence-electron chi connectivity index (χ0n) is 20.3. The summed E-state index contributed by atoms with van der Waals surface area (Å²) in [5.41, 5.74) is 1.85. The number of benzene rings is 2. The molecule has 36 heavy (non-hydrogen) atoms. The minimum atomic E-state index is -0.677. The van der Waals surface area contributed by atoms with Gasteiger partial charge in [0, 0.05) is 36.5 Å². The molecule has 2 aliphatic rings. The molecule has 2 fully saturated rings. The SMILES string of the molecule is CSC[C@H]1C(=O)N(CCc2cccc(F)c2)C[C@@H]2N(C(=O)Nc3ccc(C(C)=O)cc3)CCC(=O)N21. The molecule has 10 heteroatoms. The number of piperazine rings is 1. The first-order valence-electron chi connectivity index (χ1n) is 11.8. The van der Waals surface area contributed by atoms with Crippen LogP contribution in [0.15, 0.2) is 48.5 Å². The van der Waals surface area contributed by atoms with E-state index in [-0.39, 0.29) is 49.0 Å². The van der Waals surface area contributed by atoms with E-state index < -0.39 is 12.2 Å². The molecule has 2 aromatic carbocycles. The molecule has 0 bridgehead atoms. The van der Waals surface area contributed by atoms with Crippen LogP contribution in [-0.2, 0) is 16.0 Å². The highest BCUT2D eigenvalue weighted by molar-refractivity contribution is 7.98. The lowest BCUT2D eigenvalue weighted by Gasteiger charge is -2.52. The van der Waals surface area contributed by atoms with Gasteiger partial charge in [-0.05, 0) is 61.6 Å². The Bertz CT molecular complexity index is 1160. The van der Waals surface area contributed by atoms with E-state index in [1.54, 1.807) is 45.0 Å². The number of hydrogen-bond acceptors (Lipinski definition) is 5. The van der Waals surface area contributed by atoms with Crippen LogP contribution < -0.4 is 5.32 Å². The Morgan fingerprint density at radius 3 is 2.56 bits per heavy atom. The fourth-order valence-corrected chi connectivity index (χ4v) is 5.30. The fourth-order valence-electron chi connectivity index (χ4n) is 4.68. The smallest absolute Gasteiger partial charge is 0.323 e. The molecule has 0 spiro atoms. The van der Waals surface area contributed by atoms with E-state index in [9.17, 15) is 23.6 Å². The number of nitrogens with one attached hydrogen (secondary N) is 1. The van der Waals surface area contributed by atoms with Gasteiger partial charge in [0.2, 0.25) is 11.8 Å². The van der Waals surface area contributed by atoms with Crippen LogP contribution in [0.2, 0.25) is 0 Å². The van der Waals surface area contributed by atoms with Gasteiger partial charge in [0.15, 0.2) is 5.78 Å². The molecule has 8 nitrogen and oxygen atoms in total. The predicted octanol–water partition coefficient (Wildman–Crippen LogP) is 3.24. The van der Waals surface area contributed by atoms with Crippen molar-refractivity contribution in [3.63, 3.8) is 0 Å². The molecule has 2 atom stereocenters. The van der Waals surface area contributed by atoms with E-state index >= 15 is 0 Å². The van der Waals surface area contributed by atoms with E-state index in [4.69, 9.17) is 0 Å². The third kappa shape index (κ3) is 5.53. The van der Waals surface area contributed by atoms with Gasteiger partial charge in [-0.3, -0.25) is 14.4 Å². The summed E-state index contributed by atoms with van der Waals surface area (Å²) in [4.78, 5) is 55.9. The van der Waals surface area contributed by atoms with E-state index in [1.807, 2.05) is 12.3 Å². The van der Waals surface area contributed by atoms with Gasteiger partial charge < -0.3 is 20.0 Å². The van der Waals surface area contributed by atoms with Crippen molar-refractivity contribution in [1.82, 2.24) is 14.7 Å². The van der Waals surface area contributed by atoms with Crippen LogP contribution >= 0.6 is 11.8 Å². The number of urea groups is 1. The standard InChI is InChI=1S/C26H29FN4O4S/c1-17(32)19-6-8-21(9-7-19)28-26(35)30-13-11-24(33)31-22(16-36-2)25(34)29(15-23(30)31)12-10-18-4-3-5-20(27)14-18/h3-9,14,22-23H,10-13,15-16H2,1-2H3,(H,28,35)/t22-,23+/m0/s1. The number of rotatable bonds is 7. The van der Waals surface area contributed by atoms with Crippen molar-refractivity contribution in [2.45, 2.75) is 32.0 Å². The topological polar surface area (TPSA) is 90.0 Å². The Labute approximate surface area is 213 Å². The summed E-state index contributed by atoms with van der Waals surface area (Å²) in [6.07, 6.45) is 1.86. The zero-order valence-corrected chi connectivity index (χ0v) is 21.1. The van der Waals surface area contributed by atoms with Crippen molar-refractivity contribution in [2.24, 2.45) is 0 Å². The minimum absolute atomic E-state index is 0.0666. The summed E-state index contributed by atoms with van der Waals surface area (Å²) >= 11 is 1.47. The molecule has 0 aliphatic carbocycles. The number of fused-ring (bicyclic) bond motifs is 1. The maximum Gasteiger partial charge on any atom is 0.323 e. The summed E-state index contributed by atoms with van der Waals surface area (Å²) in [5.74, 6) is -0.289. The molecule has 0 aromatic heterocycles. The summed E-state index contributed by atoms with van der Waals surface area (Å²) in [6.45, 7) is 2.24. The van der Waals surface area contributed by atoms with Gasteiger partial charge in [-0.2, -0.15) is 11.8 Å². The average Bonchev–Trinajstić information content (AvgIpc) is 2.85. The van der Waals surface area contributed by atoms with Gasteiger partial charge in [-0.1, -0.05) is 12.1 Å². The monoisotopic (exact) mass is 512 g/mol. The number of halogens is 1. The first-order valence-corrected chi connectivity index (χ1v) is 13.2. The van der Waals surface area contributed by atoms with Crippen LogP contribution in [0.3, 0.4) is 0 Å². The molecular weight excluding hydrogens is 483 g/mol. The number of nitrogens with zero attached hydrogens (tertiary/aromatic N) is 3. The molecule has 0 saturated carbocycles.